The van der Waals surface area contributed by atoms with Gasteiger partial charge in [0.25, 0.3) is 0 Å². The van der Waals surface area contributed by atoms with Crippen LogP contribution < -0.4 is 0 Å². The van der Waals surface area contributed by atoms with E-state index in [1.165, 1.54) is 64.2 Å². The van der Waals surface area contributed by atoms with Crippen LogP contribution in [0.4, 0.5) is 0 Å². The van der Waals surface area contributed by atoms with E-state index >= 15 is 0 Å². The molecule has 0 rings (SSSR count). The molecule has 0 aliphatic rings. The van der Waals surface area contributed by atoms with Gasteiger partial charge in [-0.1, -0.05) is 101 Å². The lowest BCUT2D eigenvalue weighted by Crippen LogP contribution is -1.89. The summed E-state index contributed by atoms with van der Waals surface area (Å²) in [5.41, 5.74) is 0. The van der Waals surface area contributed by atoms with Crippen LogP contribution >= 0.6 is 0 Å². The maximum absolute atomic E-state index is 10.3. The number of rotatable bonds is 15. The van der Waals surface area contributed by atoms with Crippen molar-refractivity contribution in [3.05, 3.63) is 36.5 Å². The van der Waals surface area contributed by atoms with Crippen molar-refractivity contribution in [2.75, 3.05) is 0 Å². The summed E-state index contributed by atoms with van der Waals surface area (Å²) in [6.07, 6.45) is 26.5. The van der Waals surface area contributed by atoms with Crippen molar-refractivity contribution < 1.29 is 9.90 Å². The van der Waals surface area contributed by atoms with Crippen LogP contribution in [0.15, 0.2) is 36.5 Å². The summed E-state index contributed by atoms with van der Waals surface area (Å²) in [5.74, 6) is -0.791. The number of hydrogen-bond donors (Lipinski definition) is 1. The van der Waals surface area contributed by atoms with Gasteiger partial charge in [-0.3, -0.25) is 4.79 Å². The van der Waals surface area contributed by atoms with Gasteiger partial charge in [-0.2, -0.15) is 0 Å². The summed E-state index contributed by atoms with van der Waals surface area (Å²) < 4.78 is 0. The molecule has 0 radical (unpaired) electrons. The number of carboxylic acid groups (broad SMARTS) is 1. The molecule has 0 amide bonds. The van der Waals surface area contributed by atoms with Crippen LogP contribution in [-0.4, -0.2) is 11.1 Å². The van der Waals surface area contributed by atoms with E-state index in [9.17, 15) is 4.79 Å². The van der Waals surface area contributed by atoms with E-state index in [0.29, 0.717) is 0 Å². The third-order valence-corrected chi connectivity index (χ3v) is 3.62. The van der Waals surface area contributed by atoms with Gasteiger partial charge < -0.3 is 5.11 Å². The zero-order chi connectivity index (χ0) is 16.3. The molecule has 0 aromatic rings. The quantitative estimate of drug-likeness (QED) is 0.279. The first-order chi connectivity index (χ1) is 10.8. The van der Waals surface area contributed by atoms with Gasteiger partial charge in [-0.05, 0) is 12.8 Å². The molecule has 0 bridgehead atoms. The standard InChI is InChI=1S/C20H34O2/c1-2-3-4-5-6-7-8-9-10-11-12-13-14-15-16-17-18-19-20(21)22/h13-18H,2-12,19H2,1H3,(H,21,22)/b14-13+,16-15+,18-17+. The van der Waals surface area contributed by atoms with E-state index in [0.717, 1.165) is 6.42 Å². The molecule has 0 aromatic carbocycles. The highest BCUT2D eigenvalue weighted by atomic mass is 16.4. The van der Waals surface area contributed by atoms with E-state index in [1.54, 1.807) is 12.2 Å². The molecule has 0 unspecified atom stereocenters. The van der Waals surface area contributed by atoms with Gasteiger partial charge in [-0.15, -0.1) is 0 Å². The topological polar surface area (TPSA) is 37.3 Å². The Morgan fingerprint density at radius 1 is 0.727 bits per heavy atom. The van der Waals surface area contributed by atoms with Crippen LogP contribution in [0.2, 0.25) is 0 Å². The SMILES string of the molecule is CCCCCCCCCCCC/C=C/C=C/C=C/CC(=O)O. The number of carbonyl (C=O) groups is 1. The molecule has 2 nitrogen and oxygen atoms in total. The summed E-state index contributed by atoms with van der Waals surface area (Å²) in [6, 6.07) is 0. The Bertz CT molecular complexity index is 327. The van der Waals surface area contributed by atoms with Gasteiger partial charge >= 0.3 is 5.97 Å². The van der Waals surface area contributed by atoms with Crippen LogP contribution in [0.1, 0.15) is 84.0 Å². The molecule has 0 fully saturated rings. The first-order valence-electron chi connectivity index (χ1n) is 8.97. The third-order valence-electron chi connectivity index (χ3n) is 3.62. The average Bonchev–Trinajstić information content (AvgIpc) is 2.50. The van der Waals surface area contributed by atoms with Crippen molar-refractivity contribution in [3.8, 4) is 0 Å². The molecule has 1 N–H and O–H groups in total. The monoisotopic (exact) mass is 306 g/mol. The predicted octanol–water partition coefficient (Wildman–Crippen LogP) is 6.44. The Balaban J connectivity index is 3.25. The average molecular weight is 306 g/mol. The summed E-state index contributed by atoms with van der Waals surface area (Å²) in [7, 11) is 0. The molecule has 0 heterocycles. The van der Waals surface area contributed by atoms with Gasteiger partial charge in [0.1, 0.15) is 0 Å². The van der Waals surface area contributed by atoms with Crippen molar-refractivity contribution in [2.24, 2.45) is 0 Å². The van der Waals surface area contributed by atoms with Crippen molar-refractivity contribution in [2.45, 2.75) is 84.0 Å². The Labute approximate surface area is 137 Å². The summed E-state index contributed by atoms with van der Waals surface area (Å²) in [6.45, 7) is 2.26. The Morgan fingerprint density at radius 3 is 1.77 bits per heavy atom. The first-order valence-corrected chi connectivity index (χ1v) is 8.97. The zero-order valence-corrected chi connectivity index (χ0v) is 14.3. The lowest BCUT2D eigenvalue weighted by Gasteiger charge is -2.01. The molecule has 0 aliphatic carbocycles. The van der Waals surface area contributed by atoms with Gasteiger partial charge in [0.05, 0.1) is 6.42 Å². The third kappa shape index (κ3) is 18.7. The smallest absolute Gasteiger partial charge is 0.307 e. The van der Waals surface area contributed by atoms with Crippen LogP contribution in [0.3, 0.4) is 0 Å². The second-order valence-electron chi connectivity index (χ2n) is 5.81. The fraction of sp³-hybridized carbons (Fsp3) is 0.650. The van der Waals surface area contributed by atoms with E-state index in [1.807, 2.05) is 18.2 Å². The molecular formula is C20H34O2. The van der Waals surface area contributed by atoms with Crippen molar-refractivity contribution in [1.82, 2.24) is 0 Å². The highest BCUT2D eigenvalue weighted by Crippen LogP contribution is 2.11. The van der Waals surface area contributed by atoms with Crippen molar-refractivity contribution >= 4 is 5.97 Å². The van der Waals surface area contributed by atoms with Crippen LogP contribution in [0.25, 0.3) is 0 Å². The van der Waals surface area contributed by atoms with E-state index in [2.05, 4.69) is 13.0 Å². The molecule has 0 saturated heterocycles. The van der Waals surface area contributed by atoms with E-state index in [-0.39, 0.29) is 6.42 Å². The van der Waals surface area contributed by atoms with Crippen LogP contribution in [-0.2, 0) is 4.79 Å². The van der Waals surface area contributed by atoms with Crippen molar-refractivity contribution in [1.29, 1.82) is 0 Å². The Hall–Kier alpha value is -1.31. The van der Waals surface area contributed by atoms with Gasteiger partial charge in [0.2, 0.25) is 0 Å². The zero-order valence-electron chi connectivity index (χ0n) is 14.3. The fourth-order valence-corrected chi connectivity index (χ4v) is 2.30. The number of unbranched alkanes of at least 4 members (excludes halogenated alkanes) is 10. The van der Waals surface area contributed by atoms with E-state index in [4.69, 9.17) is 5.11 Å². The van der Waals surface area contributed by atoms with Crippen LogP contribution in [0.5, 0.6) is 0 Å². The fourth-order valence-electron chi connectivity index (χ4n) is 2.30. The Kier molecular flexibility index (Phi) is 16.7. The molecule has 0 aliphatic heterocycles. The highest BCUT2D eigenvalue weighted by Gasteiger charge is 1.91. The van der Waals surface area contributed by atoms with Crippen LogP contribution in [0, 0.1) is 0 Å². The van der Waals surface area contributed by atoms with Gasteiger partial charge in [-0.25, -0.2) is 0 Å². The first kappa shape index (κ1) is 20.7. The highest BCUT2D eigenvalue weighted by molar-refractivity contribution is 5.68. The molecule has 0 saturated carbocycles. The summed E-state index contributed by atoms with van der Waals surface area (Å²) in [5, 5.41) is 8.45. The maximum Gasteiger partial charge on any atom is 0.307 e. The molecule has 0 aromatic heterocycles. The minimum absolute atomic E-state index is 0.0899. The normalized spacial score (nSPS) is 12.0. The molecule has 22 heavy (non-hydrogen) atoms. The largest absolute Gasteiger partial charge is 0.481 e. The number of hydrogen-bond acceptors (Lipinski definition) is 1. The van der Waals surface area contributed by atoms with E-state index < -0.39 is 5.97 Å². The lowest BCUT2D eigenvalue weighted by atomic mass is 10.1. The number of carboxylic acids is 1. The Morgan fingerprint density at radius 2 is 1.23 bits per heavy atom. The number of aliphatic carboxylic acids is 1. The summed E-state index contributed by atoms with van der Waals surface area (Å²) in [4.78, 5) is 10.3. The molecular weight excluding hydrogens is 272 g/mol. The predicted molar refractivity (Wildman–Crippen MR) is 96.1 cm³/mol. The van der Waals surface area contributed by atoms with Gasteiger partial charge in [0, 0.05) is 0 Å². The maximum atomic E-state index is 10.3. The minimum Gasteiger partial charge on any atom is -0.481 e. The molecule has 0 atom stereocenters. The molecule has 2 heteroatoms. The minimum atomic E-state index is -0.791. The molecule has 126 valence electrons. The molecule has 0 spiro atoms. The second kappa shape index (κ2) is 17.7. The van der Waals surface area contributed by atoms with Gasteiger partial charge in [0.15, 0.2) is 0 Å². The number of allylic oxidation sites excluding steroid dienone is 5. The second-order valence-corrected chi connectivity index (χ2v) is 5.81. The van der Waals surface area contributed by atoms with Crippen molar-refractivity contribution in [3.63, 3.8) is 0 Å². The lowest BCUT2D eigenvalue weighted by molar-refractivity contribution is -0.136. The summed E-state index contributed by atoms with van der Waals surface area (Å²) >= 11 is 0.